The van der Waals surface area contributed by atoms with Gasteiger partial charge in [0.1, 0.15) is 18.2 Å². The van der Waals surface area contributed by atoms with Crippen LogP contribution in [-0.2, 0) is 11.2 Å². The van der Waals surface area contributed by atoms with Crippen molar-refractivity contribution in [3.8, 4) is 5.75 Å². The van der Waals surface area contributed by atoms with Gasteiger partial charge in [0, 0.05) is 18.2 Å². The molecule has 0 atom stereocenters. The Balaban J connectivity index is 1.94. The summed E-state index contributed by atoms with van der Waals surface area (Å²) in [6.07, 6.45) is 4.31. The number of nitrogens with one attached hydrogen (secondary N) is 1. The van der Waals surface area contributed by atoms with Gasteiger partial charge in [-0.25, -0.2) is 4.39 Å². The van der Waals surface area contributed by atoms with Crippen molar-refractivity contribution in [2.24, 2.45) is 5.73 Å². The van der Waals surface area contributed by atoms with Crippen molar-refractivity contribution in [3.05, 3.63) is 29.6 Å². The highest BCUT2D eigenvalue weighted by atomic mass is 19.1. The van der Waals surface area contributed by atoms with Crippen LogP contribution in [0.1, 0.15) is 38.2 Å². The van der Waals surface area contributed by atoms with Crippen molar-refractivity contribution in [2.45, 2.75) is 44.6 Å². The van der Waals surface area contributed by atoms with E-state index in [1.807, 2.05) is 0 Å². The van der Waals surface area contributed by atoms with E-state index < -0.39 is 5.82 Å². The molecule has 0 spiro atoms. The monoisotopic (exact) mass is 294 g/mol. The number of hydrogen-bond acceptors (Lipinski definition) is 3. The second kappa shape index (κ2) is 6.89. The third-order valence-corrected chi connectivity index (χ3v) is 3.91. The van der Waals surface area contributed by atoms with Crippen LogP contribution in [-0.4, -0.2) is 24.6 Å². The van der Waals surface area contributed by atoms with Gasteiger partial charge in [-0.1, -0.05) is 18.9 Å². The van der Waals surface area contributed by atoms with E-state index in [1.165, 1.54) is 6.07 Å². The number of halogens is 1. The van der Waals surface area contributed by atoms with Gasteiger partial charge in [0.25, 0.3) is 0 Å². The molecule has 21 heavy (non-hydrogen) atoms. The minimum absolute atomic E-state index is 0.0542. The first-order valence-corrected chi connectivity index (χ1v) is 7.45. The van der Waals surface area contributed by atoms with Gasteiger partial charge >= 0.3 is 0 Å². The van der Waals surface area contributed by atoms with Crippen LogP contribution in [0.2, 0.25) is 0 Å². The highest BCUT2D eigenvalue weighted by Crippen LogP contribution is 2.29. The minimum atomic E-state index is -0.420. The zero-order valence-electron chi connectivity index (χ0n) is 12.5. The van der Waals surface area contributed by atoms with Crippen LogP contribution in [0, 0.1) is 5.82 Å². The predicted octanol–water partition coefficient (Wildman–Crippen LogP) is 2.15. The molecule has 2 rings (SSSR count). The van der Waals surface area contributed by atoms with Gasteiger partial charge in [-0.05, 0) is 31.4 Å². The van der Waals surface area contributed by atoms with Crippen molar-refractivity contribution in [1.82, 2.24) is 5.32 Å². The standard InChI is InChI=1S/C16H23FN2O2/c1-16(6-2-3-7-16)19-15(20)10-12-4-5-13(11-14(12)17)21-9-8-18/h4-5,11H,2-3,6-10,18H2,1H3,(H,19,20). The van der Waals surface area contributed by atoms with E-state index in [0.717, 1.165) is 25.7 Å². The lowest BCUT2D eigenvalue weighted by Crippen LogP contribution is -2.44. The van der Waals surface area contributed by atoms with E-state index in [4.69, 9.17) is 10.5 Å². The summed E-state index contributed by atoms with van der Waals surface area (Å²) < 4.78 is 19.2. The van der Waals surface area contributed by atoms with Gasteiger partial charge in [0.2, 0.25) is 5.91 Å². The molecule has 116 valence electrons. The van der Waals surface area contributed by atoms with Crippen LogP contribution in [0.5, 0.6) is 5.75 Å². The number of ether oxygens (including phenoxy) is 1. The Bertz CT molecular complexity index is 499. The summed E-state index contributed by atoms with van der Waals surface area (Å²) in [4.78, 5) is 12.1. The molecule has 0 aromatic heterocycles. The molecule has 4 nitrogen and oxygen atoms in total. The maximum Gasteiger partial charge on any atom is 0.224 e. The highest BCUT2D eigenvalue weighted by Gasteiger charge is 2.30. The molecule has 0 radical (unpaired) electrons. The van der Waals surface area contributed by atoms with Crippen LogP contribution in [0.3, 0.4) is 0 Å². The average Bonchev–Trinajstić information content (AvgIpc) is 2.85. The van der Waals surface area contributed by atoms with E-state index in [-0.39, 0.29) is 17.9 Å². The Kier molecular flexibility index (Phi) is 5.17. The number of carbonyl (C=O) groups is 1. The molecular weight excluding hydrogens is 271 g/mol. The van der Waals surface area contributed by atoms with Gasteiger partial charge in [0.05, 0.1) is 6.42 Å². The molecule has 0 heterocycles. The van der Waals surface area contributed by atoms with Gasteiger partial charge < -0.3 is 15.8 Å². The highest BCUT2D eigenvalue weighted by molar-refractivity contribution is 5.79. The van der Waals surface area contributed by atoms with Crippen LogP contribution < -0.4 is 15.8 Å². The molecule has 1 aromatic carbocycles. The van der Waals surface area contributed by atoms with Gasteiger partial charge in [-0.2, -0.15) is 0 Å². The third-order valence-electron chi connectivity index (χ3n) is 3.91. The topological polar surface area (TPSA) is 64.3 Å². The molecule has 0 aliphatic heterocycles. The largest absolute Gasteiger partial charge is 0.492 e. The molecule has 1 saturated carbocycles. The van der Waals surface area contributed by atoms with Crippen molar-refractivity contribution in [1.29, 1.82) is 0 Å². The zero-order valence-corrected chi connectivity index (χ0v) is 12.5. The molecule has 1 amide bonds. The molecule has 1 aliphatic carbocycles. The van der Waals surface area contributed by atoms with Gasteiger partial charge in [-0.15, -0.1) is 0 Å². The normalized spacial score (nSPS) is 16.7. The SMILES string of the molecule is CC1(NC(=O)Cc2ccc(OCCN)cc2F)CCCC1. The molecular formula is C16H23FN2O2. The molecule has 0 unspecified atom stereocenters. The third kappa shape index (κ3) is 4.43. The second-order valence-corrected chi connectivity index (χ2v) is 5.88. The summed E-state index contributed by atoms with van der Waals surface area (Å²) in [5.41, 5.74) is 5.58. The minimum Gasteiger partial charge on any atom is -0.492 e. The summed E-state index contributed by atoms with van der Waals surface area (Å²) in [7, 11) is 0. The lowest BCUT2D eigenvalue weighted by Gasteiger charge is -2.25. The molecule has 1 aromatic rings. The summed E-state index contributed by atoms with van der Waals surface area (Å²) in [5, 5.41) is 3.03. The van der Waals surface area contributed by atoms with Gasteiger partial charge in [-0.3, -0.25) is 4.79 Å². The van der Waals surface area contributed by atoms with E-state index in [0.29, 0.717) is 24.5 Å². The Labute approximate surface area is 124 Å². The predicted molar refractivity (Wildman–Crippen MR) is 79.7 cm³/mol. The summed E-state index contributed by atoms with van der Waals surface area (Å²) in [6, 6.07) is 4.56. The summed E-state index contributed by atoms with van der Waals surface area (Å²) >= 11 is 0. The maximum atomic E-state index is 14.0. The van der Waals surface area contributed by atoms with Crippen molar-refractivity contribution in [2.75, 3.05) is 13.2 Å². The average molecular weight is 294 g/mol. The number of rotatable bonds is 6. The number of carbonyl (C=O) groups excluding carboxylic acids is 1. The number of amides is 1. The van der Waals surface area contributed by atoms with Gasteiger partial charge in [0.15, 0.2) is 0 Å². The zero-order chi connectivity index (χ0) is 15.3. The Morgan fingerprint density at radius 1 is 1.43 bits per heavy atom. The van der Waals surface area contributed by atoms with Crippen molar-refractivity contribution in [3.63, 3.8) is 0 Å². The van der Waals surface area contributed by atoms with Crippen LogP contribution in [0.25, 0.3) is 0 Å². The lowest BCUT2D eigenvalue weighted by molar-refractivity contribution is -0.122. The van der Waals surface area contributed by atoms with E-state index >= 15 is 0 Å². The second-order valence-electron chi connectivity index (χ2n) is 5.88. The van der Waals surface area contributed by atoms with Crippen molar-refractivity contribution < 1.29 is 13.9 Å². The molecule has 3 N–H and O–H groups in total. The summed E-state index contributed by atoms with van der Waals surface area (Å²) in [5.74, 6) is -0.116. The Hall–Kier alpha value is -1.62. The maximum absolute atomic E-state index is 14.0. The molecule has 5 heteroatoms. The fraction of sp³-hybridized carbons (Fsp3) is 0.562. The fourth-order valence-electron chi connectivity index (χ4n) is 2.77. The number of nitrogens with two attached hydrogens (primary N) is 1. The molecule has 0 bridgehead atoms. The Morgan fingerprint density at radius 2 is 2.14 bits per heavy atom. The quantitative estimate of drug-likeness (QED) is 0.845. The van der Waals surface area contributed by atoms with Crippen LogP contribution in [0.15, 0.2) is 18.2 Å². The first-order chi connectivity index (χ1) is 10.0. The van der Waals surface area contributed by atoms with E-state index in [9.17, 15) is 9.18 Å². The van der Waals surface area contributed by atoms with Crippen LogP contribution in [0.4, 0.5) is 4.39 Å². The molecule has 1 fully saturated rings. The summed E-state index contributed by atoms with van der Waals surface area (Å²) in [6.45, 7) is 2.78. The fourth-order valence-corrected chi connectivity index (χ4v) is 2.77. The first-order valence-electron chi connectivity index (χ1n) is 7.45. The smallest absolute Gasteiger partial charge is 0.224 e. The first kappa shape index (κ1) is 15.8. The van der Waals surface area contributed by atoms with E-state index in [2.05, 4.69) is 12.2 Å². The van der Waals surface area contributed by atoms with E-state index in [1.54, 1.807) is 12.1 Å². The van der Waals surface area contributed by atoms with Crippen molar-refractivity contribution >= 4 is 5.91 Å². The Morgan fingerprint density at radius 3 is 2.76 bits per heavy atom. The molecule has 0 saturated heterocycles. The number of benzene rings is 1. The molecule has 1 aliphatic rings. The lowest BCUT2D eigenvalue weighted by atomic mass is 10.00. The number of hydrogen-bond donors (Lipinski definition) is 2. The van der Waals surface area contributed by atoms with Crippen LogP contribution >= 0.6 is 0 Å².